The van der Waals surface area contributed by atoms with E-state index < -0.39 is 20.6 Å². The first-order chi connectivity index (χ1) is 7.40. The molecule has 6 heteroatoms. The zero-order valence-electron chi connectivity index (χ0n) is 8.56. The van der Waals surface area contributed by atoms with E-state index in [2.05, 4.69) is 0 Å². The maximum absolute atomic E-state index is 12.1. The van der Waals surface area contributed by atoms with Crippen LogP contribution in [0.1, 0.15) is 6.42 Å². The van der Waals surface area contributed by atoms with Gasteiger partial charge in [-0.25, -0.2) is 8.42 Å². The third-order valence-electron chi connectivity index (χ3n) is 2.94. The Labute approximate surface area is 99.5 Å². The summed E-state index contributed by atoms with van der Waals surface area (Å²) in [6, 6.07) is 6.09. The fourth-order valence-electron chi connectivity index (χ4n) is 1.71. The molecule has 4 N–H and O–H groups in total. The largest absolute Gasteiger partial charge is 0.329 e. The second-order valence-electron chi connectivity index (χ2n) is 4.13. The summed E-state index contributed by atoms with van der Waals surface area (Å²) < 4.78 is 24.2. The van der Waals surface area contributed by atoms with E-state index in [1.807, 2.05) is 0 Å². The minimum absolute atomic E-state index is 0.185. The van der Waals surface area contributed by atoms with Crippen molar-refractivity contribution in [3.63, 3.8) is 0 Å². The molecule has 2 rings (SSSR count). The van der Waals surface area contributed by atoms with E-state index in [9.17, 15) is 8.42 Å². The van der Waals surface area contributed by atoms with Gasteiger partial charge < -0.3 is 11.5 Å². The van der Waals surface area contributed by atoms with Crippen LogP contribution in [-0.2, 0) is 9.84 Å². The zero-order chi connectivity index (χ0) is 12.0. The predicted molar refractivity (Wildman–Crippen MR) is 63.0 cm³/mol. The lowest BCUT2D eigenvalue weighted by Gasteiger charge is -2.08. The average Bonchev–Trinajstić information content (AvgIpc) is 2.93. The highest BCUT2D eigenvalue weighted by Gasteiger charge is 2.58. The van der Waals surface area contributed by atoms with Crippen molar-refractivity contribution in [1.82, 2.24) is 0 Å². The molecular formula is C10H13ClN2O2S. The summed E-state index contributed by atoms with van der Waals surface area (Å²) >= 11 is 5.70. The fourth-order valence-corrected chi connectivity index (χ4v) is 3.92. The van der Waals surface area contributed by atoms with Crippen LogP contribution >= 0.6 is 11.6 Å². The summed E-state index contributed by atoms with van der Waals surface area (Å²) in [6.07, 6.45) is 0.425. The second-order valence-corrected chi connectivity index (χ2v) is 6.70. The van der Waals surface area contributed by atoms with Gasteiger partial charge in [-0.1, -0.05) is 11.6 Å². The third-order valence-corrected chi connectivity index (χ3v) is 5.51. The standard InChI is InChI=1S/C10H13ClN2O2S/c11-7-1-3-8(4-2-7)16(14,15)9-5-10(9,13)6-12/h1-4,9H,5-6,12-13H2/t9-,10+/m0/s1. The van der Waals surface area contributed by atoms with Crippen molar-refractivity contribution >= 4 is 21.4 Å². The fraction of sp³-hybridized carbons (Fsp3) is 0.400. The van der Waals surface area contributed by atoms with Crippen LogP contribution in [-0.4, -0.2) is 25.8 Å². The first-order valence-corrected chi connectivity index (χ1v) is 6.81. The van der Waals surface area contributed by atoms with Gasteiger partial charge in [0, 0.05) is 17.1 Å². The molecule has 1 aliphatic carbocycles. The first-order valence-electron chi connectivity index (χ1n) is 4.88. The minimum atomic E-state index is -3.37. The van der Waals surface area contributed by atoms with Crippen LogP contribution in [0.4, 0.5) is 0 Å². The van der Waals surface area contributed by atoms with Crippen LogP contribution in [0.25, 0.3) is 0 Å². The lowest BCUT2D eigenvalue weighted by atomic mass is 10.3. The molecule has 1 aromatic carbocycles. The maximum atomic E-state index is 12.1. The summed E-state index contributed by atoms with van der Waals surface area (Å²) in [4.78, 5) is 0.252. The van der Waals surface area contributed by atoms with Crippen LogP contribution in [0, 0.1) is 0 Å². The van der Waals surface area contributed by atoms with Gasteiger partial charge >= 0.3 is 0 Å². The van der Waals surface area contributed by atoms with Crippen molar-refractivity contribution in [3.8, 4) is 0 Å². The lowest BCUT2D eigenvalue weighted by molar-refractivity contribution is 0.586. The van der Waals surface area contributed by atoms with Gasteiger partial charge in [0.05, 0.1) is 10.1 Å². The van der Waals surface area contributed by atoms with Crippen molar-refractivity contribution in [2.75, 3.05) is 6.54 Å². The first kappa shape index (κ1) is 11.9. The highest BCUT2D eigenvalue weighted by atomic mass is 35.5. The van der Waals surface area contributed by atoms with E-state index in [0.717, 1.165) is 0 Å². The van der Waals surface area contributed by atoms with E-state index in [0.29, 0.717) is 11.4 Å². The van der Waals surface area contributed by atoms with Gasteiger partial charge in [-0.05, 0) is 30.7 Å². The second kappa shape index (κ2) is 3.70. The molecule has 0 radical (unpaired) electrons. The highest BCUT2D eigenvalue weighted by molar-refractivity contribution is 7.92. The Morgan fingerprint density at radius 2 is 1.94 bits per heavy atom. The molecule has 88 valence electrons. The minimum Gasteiger partial charge on any atom is -0.329 e. The van der Waals surface area contributed by atoms with E-state index in [1.165, 1.54) is 12.1 Å². The monoisotopic (exact) mass is 260 g/mol. The molecule has 0 unspecified atom stereocenters. The summed E-state index contributed by atoms with van der Waals surface area (Å²) in [5.74, 6) is 0. The summed E-state index contributed by atoms with van der Waals surface area (Å²) in [6.45, 7) is 0.185. The molecule has 1 saturated carbocycles. The van der Waals surface area contributed by atoms with Gasteiger partial charge in [0.15, 0.2) is 9.84 Å². The Hall–Kier alpha value is -0.620. The van der Waals surface area contributed by atoms with Crippen molar-refractivity contribution in [2.24, 2.45) is 11.5 Å². The van der Waals surface area contributed by atoms with Crippen LogP contribution in [0.5, 0.6) is 0 Å². The highest BCUT2D eigenvalue weighted by Crippen LogP contribution is 2.41. The topological polar surface area (TPSA) is 86.2 Å². The summed E-state index contributed by atoms with van der Waals surface area (Å²) in [5, 5.41) is -0.0567. The molecule has 0 aromatic heterocycles. The number of rotatable bonds is 3. The van der Waals surface area contributed by atoms with Crippen molar-refractivity contribution in [1.29, 1.82) is 0 Å². The molecule has 0 aliphatic heterocycles. The predicted octanol–water partition coefficient (Wildman–Crippen LogP) is 0.542. The Morgan fingerprint density at radius 3 is 2.38 bits per heavy atom. The molecular weight excluding hydrogens is 248 g/mol. The number of halogens is 1. The van der Waals surface area contributed by atoms with E-state index in [1.54, 1.807) is 12.1 Å². The maximum Gasteiger partial charge on any atom is 0.183 e. The van der Waals surface area contributed by atoms with Gasteiger partial charge in [0.1, 0.15) is 0 Å². The molecule has 1 aliphatic rings. The third kappa shape index (κ3) is 1.84. The van der Waals surface area contributed by atoms with Crippen LogP contribution in [0.3, 0.4) is 0 Å². The number of hydrogen-bond donors (Lipinski definition) is 2. The van der Waals surface area contributed by atoms with Crippen LogP contribution in [0.2, 0.25) is 5.02 Å². The number of nitrogens with two attached hydrogens (primary N) is 2. The molecule has 0 bridgehead atoms. The van der Waals surface area contributed by atoms with Gasteiger partial charge in [-0.3, -0.25) is 0 Å². The van der Waals surface area contributed by atoms with Crippen molar-refractivity contribution < 1.29 is 8.42 Å². The van der Waals surface area contributed by atoms with Gasteiger partial charge in [-0.2, -0.15) is 0 Å². The molecule has 0 amide bonds. The number of sulfone groups is 1. The molecule has 0 heterocycles. The van der Waals surface area contributed by atoms with E-state index in [-0.39, 0.29) is 11.4 Å². The lowest BCUT2D eigenvalue weighted by Crippen LogP contribution is -2.38. The molecule has 0 saturated heterocycles. The Morgan fingerprint density at radius 1 is 1.38 bits per heavy atom. The van der Waals surface area contributed by atoms with Crippen molar-refractivity contribution in [3.05, 3.63) is 29.3 Å². The smallest absolute Gasteiger partial charge is 0.183 e. The normalized spacial score (nSPS) is 29.1. The van der Waals surface area contributed by atoms with E-state index >= 15 is 0 Å². The van der Waals surface area contributed by atoms with Crippen molar-refractivity contribution in [2.45, 2.75) is 22.1 Å². The van der Waals surface area contributed by atoms with Crippen LogP contribution in [0.15, 0.2) is 29.2 Å². The molecule has 4 nitrogen and oxygen atoms in total. The Bertz CT molecular complexity index is 500. The molecule has 1 fully saturated rings. The van der Waals surface area contributed by atoms with Gasteiger partial charge in [0.25, 0.3) is 0 Å². The SMILES string of the molecule is NC[C@]1(N)C[C@@H]1S(=O)(=O)c1ccc(Cl)cc1. The Kier molecular flexibility index (Phi) is 2.74. The van der Waals surface area contributed by atoms with Crippen LogP contribution < -0.4 is 11.5 Å². The zero-order valence-corrected chi connectivity index (χ0v) is 10.1. The summed E-state index contributed by atoms with van der Waals surface area (Å²) in [7, 11) is -3.37. The summed E-state index contributed by atoms with van der Waals surface area (Å²) in [5.41, 5.74) is 10.5. The number of benzene rings is 1. The van der Waals surface area contributed by atoms with E-state index in [4.69, 9.17) is 23.1 Å². The average molecular weight is 261 g/mol. The molecule has 2 atom stereocenters. The van der Waals surface area contributed by atoms with Gasteiger partial charge in [-0.15, -0.1) is 0 Å². The Balaban J connectivity index is 2.31. The quantitative estimate of drug-likeness (QED) is 0.831. The van der Waals surface area contributed by atoms with Gasteiger partial charge in [0.2, 0.25) is 0 Å². The molecule has 16 heavy (non-hydrogen) atoms. The molecule has 1 aromatic rings. The number of hydrogen-bond acceptors (Lipinski definition) is 4. The molecule has 0 spiro atoms.